The van der Waals surface area contributed by atoms with E-state index in [0.29, 0.717) is 23.1 Å². The van der Waals surface area contributed by atoms with E-state index < -0.39 is 0 Å². The fraction of sp³-hybridized carbons (Fsp3) is 0.462. The van der Waals surface area contributed by atoms with E-state index in [9.17, 15) is 0 Å². The number of hydrogen-bond donors (Lipinski definition) is 2. The molecule has 2 unspecified atom stereocenters. The molecule has 2 aromatic rings. The smallest absolute Gasteiger partial charge is 0.182 e. The number of nitrogen functional groups attached to an aromatic ring is 2. The number of nitrogens with zero attached hydrogens (tertiary/aromatic N) is 4. The fourth-order valence-corrected chi connectivity index (χ4v) is 2.05. The highest BCUT2D eigenvalue weighted by atomic mass is 15.5. The van der Waals surface area contributed by atoms with Crippen LogP contribution in [0.5, 0.6) is 0 Å². The third kappa shape index (κ3) is 2.67. The lowest BCUT2D eigenvalue weighted by Crippen LogP contribution is -2.16. The molecule has 0 radical (unpaired) electrons. The molecule has 0 aliphatic carbocycles. The molecule has 1 heterocycles. The van der Waals surface area contributed by atoms with E-state index in [1.165, 1.54) is 0 Å². The van der Waals surface area contributed by atoms with E-state index in [1.54, 1.807) is 6.07 Å². The molecule has 2 atom stereocenters. The van der Waals surface area contributed by atoms with Gasteiger partial charge in [0.25, 0.3) is 0 Å². The Hall–Kier alpha value is -2.11. The van der Waals surface area contributed by atoms with Crippen LogP contribution in [0.3, 0.4) is 0 Å². The minimum Gasteiger partial charge on any atom is -0.399 e. The Labute approximate surface area is 112 Å². The Morgan fingerprint density at radius 3 is 2.37 bits per heavy atom. The lowest BCUT2D eigenvalue weighted by Gasteiger charge is -2.19. The number of anilines is 2. The third-order valence-electron chi connectivity index (χ3n) is 3.58. The molecule has 1 aromatic carbocycles. The SMILES string of the molecule is CCC(C)C(C)n1nnnc1-c1cc(N)cc(N)c1. The largest absolute Gasteiger partial charge is 0.399 e. The van der Waals surface area contributed by atoms with E-state index >= 15 is 0 Å². The molecule has 19 heavy (non-hydrogen) atoms. The van der Waals surface area contributed by atoms with E-state index in [1.807, 2.05) is 16.8 Å². The molecule has 6 heteroatoms. The normalized spacial score (nSPS) is 14.3. The first-order valence-corrected chi connectivity index (χ1v) is 6.47. The predicted molar refractivity (Wildman–Crippen MR) is 76.2 cm³/mol. The lowest BCUT2D eigenvalue weighted by atomic mass is 10.0. The second-order valence-electron chi connectivity index (χ2n) is 4.96. The summed E-state index contributed by atoms with van der Waals surface area (Å²) in [4.78, 5) is 0. The summed E-state index contributed by atoms with van der Waals surface area (Å²) < 4.78 is 1.84. The van der Waals surface area contributed by atoms with Crippen molar-refractivity contribution in [2.24, 2.45) is 5.92 Å². The Bertz CT molecular complexity index is 542. The number of nitrogens with two attached hydrogens (primary N) is 2. The molecule has 6 nitrogen and oxygen atoms in total. The van der Waals surface area contributed by atoms with Gasteiger partial charge in [-0.15, -0.1) is 5.10 Å². The van der Waals surface area contributed by atoms with Gasteiger partial charge in [-0.1, -0.05) is 20.3 Å². The van der Waals surface area contributed by atoms with Crippen LogP contribution in [0.25, 0.3) is 11.4 Å². The Morgan fingerprint density at radius 1 is 1.16 bits per heavy atom. The average molecular weight is 260 g/mol. The molecule has 4 N–H and O–H groups in total. The zero-order valence-electron chi connectivity index (χ0n) is 11.5. The van der Waals surface area contributed by atoms with Crippen molar-refractivity contribution in [3.63, 3.8) is 0 Å². The summed E-state index contributed by atoms with van der Waals surface area (Å²) in [6.07, 6.45) is 1.07. The Kier molecular flexibility index (Phi) is 3.69. The van der Waals surface area contributed by atoms with Gasteiger partial charge in [-0.05, 0) is 41.5 Å². The maximum atomic E-state index is 5.82. The predicted octanol–water partition coefficient (Wildman–Crippen LogP) is 2.11. The summed E-state index contributed by atoms with van der Waals surface area (Å²) in [5.74, 6) is 1.19. The van der Waals surface area contributed by atoms with Crippen molar-refractivity contribution in [1.29, 1.82) is 0 Å². The molecule has 102 valence electrons. The molecule has 2 rings (SSSR count). The average Bonchev–Trinajstić information content (AvgIpc) is 2.84. The zero-order chi connectivity index (χ0) is 14.0. The molecule has 0 fully saturated rings. The van der Waals surface area contributed by atoms with Crippen LogP contribution in [-0.4, -0.2) is 20.2 Å². The molecular formula is C13H20N6. The van der Waals surface area contributed by atoms with Gasteiger partial charge in [-0.25, -0.2) is 4.68 Å². The summed E-state index contributed by atoms with van der Waals surface area (Å²) in [5.41, 5.74) is 13.7. The number of benzene rings is 1. The van der Waals surface area contributed by atoms with Crippen molar-refractivity contribution in [3.8, 4) is 11.4 Å². The van der Waals surface area contributed by atoms with Crippen LogP contribution in [0, 0.1) is 5.92 Å². The summed E-state index contributed by atoms with van der Waals surface area (Å²) in [6, 6.07) is 5.61. The number of tetrazole rings is 1. The van der Waals surface area contributed by atoms with E-state index in [-0.39, 0.29) is 6.04 Å². The maximum absolute atomic E-state index is 5.82. The van der Waals surface area contributed by atoms with Gasteiger partial charge in [0.05, 0.1) is 6.04 Å². The van der Waals surface area contributed by atoms with Gasteiger partial charge in [0, 0.05) is 16.9 Å². The standard InChI is InChI=1S/C13H20N6/c1-4-8(2)9(3)19-13(16-17-18-19)10-5-11(14)7-12(15)6-10/h5-9H,4,14-15H2,1-3H3. The van der Waals surface area contributed by atoms with Crippen LogP contribution in [0.4, 0.5) is 11.4 Å². The van der Waals surface area contributed by atoms with E-state index in [0.717, 1.165) is 12.0 Å². The molecule has 0 aliphatic heterocycles. The van der Waals surface area contributed by atoms with Crippen LogP contribution in [0.1, 0.15) is 33.2 Å². The van der Waals surface area contributed by atoms with E-state index in [4.69, 9.17) is 11.5 Å². The second kappa shape index (κ2) is 5.26. The van der Waals surface area contributed by atoms with Crippen molar-refractivity contribution in [2.45, 2.75) is 33.2 Å². The van der Waals surface area contributed by atoms with Gasteiger partial charge < -0.3 is 11.5 Å². The molecule has 0 spiro atoms. The molecular weight excluding hydrogens is 240 g/mol. The Morgan fingerprint density at radius 2 is 1.79 bits per heavy atom. The monoisotopic (exact) mass is 260 g/mol. The van der Waals surface area contributed by atoms with Crippen molar-refractivity contribution in [3.05, 3.63) is 18.2 Å². The van der Waals surface area contributed by atoms with Crippen LogP contribution >= 0.6 is 0 Å². The van der Waals surface area contributed by atoms with Crippen LogP contribution in [0.2, 0.25) is 0 Å². The van der Waals surface area contributed by atoms with Gasteiger partial charge in [-0.3, -0.25) is 0 Å². The van der Waals surface area contributed by atoms with Crippen LogP contribution in [0.15, 0.2) is 18.2 Å². The molecule has 1 aromatic heterocycles. The van der Waals surface area contributed by atoms with Crippen LogP contribution < -0.4 is 11.5 Å². The van der Waals surface area contributed by atoms with Crippen LogP contribution in [-0.2, 0) is 0 Å². The summed E-state index contributed by atoms with van der Waals surface area (Å²) in [7, 11) is 0. The number of aromatic nitrogens is 4. The minimum atomic E-state index is 0.220. The van der Waals surface area contributed by atoms with Gasteiger partial charge in [0.1, 0.15) is 0 Å². The van der Waals surface area contributed by atoms with Crippen molar-refractivity contribution in [2.75, 3.05) is 11.5 Å². The second-order valence-corrected chi connectivity index (χ2v) is 4.96. The first-order valence-electron chi connectivity index (χ1n) is 6.47. The maximum Gasteiger partial charge on any atom is 0.182 e. The molecule has 0 bridgehead atoms. The molecule has 0 saturated heterocycles. The zero-order valence-corrected chi connectivity index (χ0v) is 11.5. The lowest BCUT2D eigenvalue weighted by molar-refractivity contribution is 0.340. The van der Waals surface area contributed by atoms with Gasteiger partial charge in [-0.2, -0.15) is 0 Å². The van der Waals surface area contributed by atoms with E-state index in [2.05, 4.69) is 36.3 Å². The van der Waals surface area contributed by atoms with Gasteiger partial charge >= 0.3 is 0 Å². The molecule has 0 saturated carbocycles. The molecule has 0 aliphatic rings. The minimum absolute atomic E-state index is 0.220. The van der Waals surface area contributed by atoms with Crippen molar-refractivity contribution < 1.29 is 0 Å². The highest BCUT2D eigenvalue weighted by Gasteiger charge is 2.19. The van der Waals surface area contributed by atoms with Crippen molar-refractivity contribution in [1.82, 2.24) is 20.2 Å². The first kappa shape index (κ1) is 13.3. The Balaban J connectivity index is 2.44. The first-order chi connectivity index (χ1) is 9.02. The number of rotatable bonds is 4. The summed E-state index contributed by atoms with van der Waals surface area (Å²) in [6.45, 7) is 6.46. The highest BCUT2D eigenvalue weighted by molar-refractivity contribution is 5.67. The number of hydrogen-bond acceptors (Lipinski definition) is 5. The van der Waals surface area contributed by atoms with Gasteiger partial charge in [0.15, 0.2) is 5.82 Å². The van der Waals surface area contributed by atoms with Crippen molar-refractivity contribution >= 4 is 11.4 Å². The molecule has 0 amide bonds. The summed E-state index contributed by atoms with van der Waals surface area (Å²) in [5, 5.41) is 12.0. The van der Waals surface area contributed by atoms with Gasteiger partial charge in [0.2, 0.25) is 0 Å². The summed E-state index contributed by atoms with van der Waals surface area (Å²) >= 11 is 0. The third-order valence-corrected chi connectivity index (χ3v) is 3.58. The topological polar surface area (TPSA) is 95.6 Å². The highest BCUT2D eigenvalue weighted by Crippen LogP contribution is 2.27. The fourth-order valence-electron chi connectivity index (χ4n) is 2.05. The quantitative estimate of drug-likeness (QED) is 0.821.